The van der Waals surface area contributed by atoms with Crippen molar-refractivity contribution >= 4 is 10.9 Å². The van der Waals surface area contributed by atoms with Gasteiger partial charge >= 0.3 is 0 Å². The number of benzene rings is 1. The fraction of sp³-hybridized carbons (Fsp3) is 0.200. The van der Waals surface area contributed by atoms with Crippen LogP contribution in [-0.2, 0) is 0 Å². The Balaban J connectivity index is 2.95. The molecule has 2 aromatic rings. The summed E-state index contributed by atoms with van der Waals surface area (Å²) < 4.78 is 26.2. The van der Waals surface area contributed by atoms with Gasteiger partial charge in [-0.25, -0.2) is 8.78 Å². The molecule has 0 spiro atoms. The van der Waals surface area contributed by atoms with Crippen molar-refractivity contribution in [2.45, 2.75) is 13.8 Å². The average molecular weight is 181 g/mol. The molecule has 0 saturated heterocycles. The van der Waals surface area contributed by atoms with Crippen molar-refractivity contribution in [1.82, 2.24) is 4.98 Å². The summed E-state index contributed by atoms with van der Waals surface area (Å²) in [7, 11) is 0. The van der Waals surface area contributed by atoms with Crippen LogP contribution in [0.1, 0.15) is 11.3 Å². The summed E-state index contributed by atoms with van der Waals surface area (Å²) in [6.07, 6.45) is 0. The van der Waals surface area contributed by atoms with Gasteiger partial charge < -0.3 is 4.98 Å². The summed E-state index contributed by atoms with van der Waals surface area (Å²) in [4.78, 5) is 2.85. The molecule has 0 fully saturated rings. The highest BCUT2D eigenvalue weighted by molar-refractivity contribution is 5.84. The number of aromatic amines is 1. The molecule has 0 unspecified atom stereocenters. The zero-order valence-electron chi connectivity index (χ0n) is 7.41. The minimum Gasteiger partial charge on any atom is -0.356 e. The van der Waals surface area contributed by atoms with E-state index < -0.39 is 11.6 Å². The number of halogens is 2. The van der Waals surface area contributed by atoms with Gasteiger partial charge in [-0.05, 0) is 25.5 Å². The largest absolute Gasteiger partial charge is 0.356 e. The second kappa shape index (κ2) is 2.55. The van der Waals surface area contributed by atoms with E-state index in [0.29, 0.717) is 16.5 Å². The topological polar surface area (TPSA) is 15.8 Å². The van der Waals surface area contributed by atoms with Crippen molar-refractivity contribution < 1.29 is 8.78 Å². The third kappa shape index (κ3) is 1.11. The Morgan fingerprint density at radius 1 is 1.08 bits per heavy atom. The smallest absolute Gasteiger partial charge is 0.150 e. The Hall–Kier alpha value is -1.38. The van der Waals surface area contributed by atoms with Gasteiger partial charge in [0.2, 0.25) is 0 Å². The van der Waals surface area contributed by atoms with Gasteiger partial charge in [-0.2, -0.15) is 0 Å². The van der Waals surface area contributed by atoms with E-state index >= 15 is 0 Å². The second-order valence-electron chi connectivity index (χ2n) is 3.21. The van der Waals surface area contributed by atoms with Gasteiger partial charge in [0.15, 0.2) is 0 Å². The lowest BCUT2D eigenvalue weighted by Gasteiger charge is -1.98. The molecular formula is C10H9F2N. The summed E-state index contributed by atoms with van der Waals surface area (Å²) in [6.45, 7) is 3.46. The van der Waals surface area contributed by atoms with Crippen LogP contribution in [0.15, 0.2) is 12.1 Å². The van der Waals surface area contributed by atoms with Crippen LogP contribution in [0.25, 0.3) is 10.9 Å². The van der Waals surface area contributed by atoms with Crippen LogP contribution >= 0.6 is 0 Å². The van der Waals surface area contributed by atoms with Crippen LogP contribution in [0.4, 0.5) is 8.78 Å². The third-order valence-corrected chi connectivity index (χ3v) is 2.21. The molecule has 1 nitrogen and oxygen atoms in total. The van der Waals surface area contributed by atoms with Crippen molar-refractivity contribution in [1.29, 1.82) is 0 Å². The number of nitrogens with one attached hydrogen (secondary N) is 1. The van der Waals surface area contributed by atoms with Gasteiger partial charge in [0.25, 0.3) is 0 Å². The molecule has 0 radical (unpaired) electrons. The summed E-state index contributed by atoms with van der Waals surface area (Å²) in [6, 6.07) is 2.66. The summed E-state index contributed by atoms with van der Waals surface area (Å²) in [5.41, 5.74) is 1.71. The zero-order chi connectivity index (χ0) is 9.59. The lowest BCUT2D eigenvalue weighted by molar-refractivity contribution is 0.585. The molecule has 1 aromatic heterocycles. The van der Waals surface area contributed by atoms with E-state index in [1.54, 1.807) is 13.0 Å². The molecule has 0 bridgehead atoms. The highest BCUT2D eigenvalue weighted by Crippen LogP contribution is 2.24. The van der Waals surface area contributed by atoms with Gasteiger partial charge in [-0.3, -0.25) is 0 Å². The SMILES string of the molecule is Cc1cc2c(C)c(F)cc(F)c2[nH]1. The lowest BCUT2D eigenvalue weighted by atomic mass is 10.1. The van der Waals surface area contributed by atoms with E-state index in [1.807, 2.05) is 6.92 Å². The monoisotopic (exact) mass is 181 g/mol. The lowest BCUT2D eigenvalue weighted by Crippen LogP contribution is -1.87. The Morgan fingerprint density at radius 3 is 2.46 bits per heavy atom. The Bertz CT molecular complexity index is 471. The van der Waals surface area contributed by atoms with Crippen LogP contribution in [0.2, 0.25) is 0 Å². The Morgan fingerprint density at radius 2 is 1.77 bits per heavy atom. The molecule has 0 aliphatic carbocycles. The molecule has 0 aliphatic rings. The van der Waals surface area contributed by atoms with Crippen molar-refractivity contribution in [3.8, 4) is 0 Å². The van der Waals surface area contributed by atoms with E-state index in [0.717, 1.165) is 11.8 Å². The zero-order valence-corrected chi connectivity index (χ0v) is 7.41. The first-order valence-corrected chi connectivity index (χ1v) is 4.03. The predicted octanol–water partition coefficient (Wildman–Crippen LogP) is 3.06. The maximum Gasteiger partial charge on any atom is 0.150 e. The van der Waals surface area contributed by atoms with Crippen LogP contribution in [-0.4, -0.2) is 4.98 Å². The quantitative estimate of drug-likeness (QED) is 0.642. The van der Waals surface area contributed by atoms with E-state index in [-0.39, 0.29) is 0 Å². The Kier molecular flexibility index (Phi) is 1.62. The predicted molar refractivity (Wildman–Crippen MR) is 47.7 cm³/mol. The van der Waals surface area contributed by atoms with Crippen molar-refractivity contribution in [2.24, 2.45) is 0 Å². The Labute approximate surface area is 74.4 Å². The maximum atomic E-state index is 13.2. The highest BCUT2D eigenvalue weighted by Gasteiger charge is 2.10. The van der Waals surface area contributed by atoms with Gasteiger partial charge in [-0.15, -0.1) is 0 Å². The number of aryl methyl sites for hydroxylation is 2. The van der Waals surface area contributed by atoms with Crippen LogP contribution in [0.5, 0.6) is 0 Å². The number of rotatable bonds is 0. The molecule has 2 rings (SSSR count). The van der Waals surface area contributed by atoms with E-state index in [4.69, 9.17) is 0 Å². The molecule has 3 heteroatoms. The van der Waals surface area contributed by atoms with Gasteiger partial charge in [0.1, 0.15) is 11.6 Å². The van der Waals surface area contributed by atoms with Crippen LogP contribution < -0.4 is 0 Å². The van der Waals surface area contributed by atoms with Crippen LogP contribution in [0, 0.1) is 25.5 Å². The van der Waals surface area contributed by atoms with Gasteiger partial charge in [-0.1, -0.05) is 0 Å². The molecule has 0 atom stereocenters. The number of H-pyrrole nitrogens is 1. The van der Waals surface area contributed by atoms with Gasteiger partial charge in [0.05, 0.1) is 5.52 Å². The molecule has 0 aliphatic heterocycles. The fourth-order valence-electron chi connectivity index (χ4n) is 1.49. The third-order valence-electron chi connectivity index (χ3n) is 2.21. The molecule has 13 heavy (non-hydrogen) atoms. The van der Waals surface area contributed by atoms with Crippen molar-refractivity contribution in [3.05, 3.63) is 35.0 Å². The fourth-order valence-corrected chi connectivity index (χ4v) is 1.49. The second-order valence-corrected chi connectivity index (χ2v) is 3.21. The van der Waals surface area contributed by atoms with Crippen molar-refractivity contribution in [3.63, 3.8) is 0 Å². The van der Waals surface area contributed by atoms with Gasteiger partial charge in [0, 0.05) is 17.1 Å². The standard InChI is InChI=1S/C10H9F2N/c1-5-3-7-6(2)8(11)4-9(12)10(7)13-5/h3-4,13H,1-2H3. The molecule has 0 saturated carbocycles. The highest BCUT2D eigenvalue weighted by atomic mass is 19.1. The van der Waals surface area contributed by atoms with Crippen molar-refractivity contribution in [2.75, 3.05) is 0 Å². The van der Waals surface area contributed by atoms with Crippen LogP contribution in [0.3, 0.4) is 0 Å². The first kappa shape index (κ1) is 8.23. The summed E-state index contributed by atoms with van der Waals surface area (Å²) >= 11 is 0. The molecule has 1 N–H and O–H groups in total. The first-order valence-electron chi connectivity index (χ1n) is 4.03. The summed E-state index contributed by atoms with van der Waals surface area (Å²) in [5, 5.41) is 0.620. The molecular weight excluding hydrogens is 172 g/mol. The minimum absolute atomic E-state index is 0.386. The summed E-state index contributed by atoms with van der Waals surface area (Å²) in [5.74, 6) is -1.03. The maximum absolute atomic E-state index is 13.2. The first-order chi connectivity index (χ1) is 6.09. The number of hydrogen-bond donors (Lipinski definition) is 1. The van der Waals surface area contributed by atoms with E-state index in [1.165, 1.54) is 0 Å². The molecule has 68 valence electrons. The number of hydrogen-bond acceptors (Lipinski definition) is 0. The normalized spacial score (nSPS) is 11.1. The number of aromatic nitrogens is 1. The van der Waals surface area contributed by atoms with E-state index in [2.05, 4.69) is 4.98 Å². The minimum atomic E-state index is -0.536. The molecule has 1 aromatic carbocycles. The number of fused-ring (bicyclic) bond motifs is 1. The average Bonchev–Trinajstić information content (AvgIpc) is 2.44. The van der Waals surface area contributed by atoms with E-state index in [9.17, 15) is 8.78 Å². The molecule has 0 amide bonds. The molecule has 1 heterocycles.